The number of aliphatic carboxylic acids is 1. The molecule has 0 radical (unpaired) electrons. The van der Waals surface area contributed by atoms with Crippen LogP contribution in [0, 0.1) is 11.6 Å². The maximum Gasteiger partial charge on any atom is 0.333 e. The molecule has 0 bridgehead atoms. The van der Waals surface area contributed by atoms with Crippen LogP contribution in [0.15, 0.2) is 53.3 Å². The molecule has 2 N–H and O–H groups in total. The number of nitrogens with zero attached hydrogens (tertiary/aromatic N) is 3. The first-order valence-corrected chi connectivity index (χ1v) is 11.4. The average Bonchev–Trinajstić information content (AvgIpc) is 3.38. The van der Waals surface area contributed by atoms with Crippen LogP contribution in [0.4, 0.5) is 18.9 Å². The standard InChI is InChI=1S/C24H27F3N4O4/c1-29(2)11-17-12-34-24(35-17)5-6-30(13-24)22-19(27)8-14-7-15(23(32)33)10-31(21(14)28-22)20-4-3-16(25)9-18(20)26/h3-4,8-10,17,21,28H,5-7,11-13H2,1-2H3,(H,32,33). The van der Waals surface area contributed by atoms with Crippen molar-refractivity contribution in [2.45, 2.75) is 30.9 Å². The van der Waals surface area contributed by atoms with Crippen LogP contribution in [-0.4, -0.2) is 79.3 Å². The maximum atomic E-state index is 15.3. The maximum absolute atomic E-state index is 15.3. The predicted octanol–water partition coefficient (Wildman–Crippen LogP) is 2.52. The fraction of sp³-hybridized carbons (Fsp3) is 0.458. The van der Waals surface area contributed by atoms with Gasteiger partial charge in [0.1, 0.15) is 23.6 Å². The van der Waals surface area contributed by atoms with Crippen molar-refractivity contribution in [3.05, 3.63) is 64.9 Å². The molecule has 35 heavy (non-hydrogen) atoms. The van der Waals surface area contributed by atoms with Gasteiger partial charge in [-0.05, 0) is 37.9 Å². The van der Waals surface area contributed by atoms with Crippen molar-refractivity contribution in [3.8, 4) is 0 Å². The van der Waals surface area contributed by atoms with E-state index in [2.05, 4.69) is 5.32 Å². The van der Waals surface area contributed by atoms with E-state index in [4.69, 9.17) is 9.47 Å². The van der Waals surface area contributed by atoms with Gasteiger partial charge in [0.15, 0.2) is 11.6 Å². The minimum atomic E-state index is -1.20. The van der Waals surface area contributed by atoms with Crippen LogP contribution in [0.3, 0.4) is 0 Å². The summed E-state index contributed by atoms with van der Waals surface area (Å²) in [6.07, 6.45) is 2.29. The summed E-state index contributed by atoms with van der Waals surface area (Å²) in [5, 5.41) is 12.7. The van der Waals surface area contributed by atoms with E-state index < -0.39 is 35.4 Å². The number of fused-ring (bicyclic) bond motifs is 1. The van der Waals surface area contributed by atoms with E-state index in [1.165, 1.54) is 23.2 Å². The topological polar surface area (TPSA) is 77.5 Å². The Kier molecular flexibility index (Phi) is 6.02. The Hall–Kier alpha value is -3.02. The molecule has 0 amide bonds. The third kappa shape index (κ3) is 4.51. The molecule has 4 aliphatic rings. The Morgan fingerprint density at radius 3 is 2.83 bits per heavy atom. The van der Waals surface area contributed by atoms with Gasteiger partial charge in [0, 0.05) is 38.2 Å². The highest BCUT2D eigenvalue weighted by Gasteiger charge is 2.48. The molecule has 4 aliphatic heterocycles. The second kappa shape index (κ2) is 8.89. The highest BCUT2D eigenvalue weighted by molar-refractivity contribution is 5.88. The van der Waals surface area contributed by atoms with Crippen LogP contribution in [0.5, 0.6) is 0 Å². The number of likely N-dealkylation sites (tertiary alicyclic amines) is 1. The number of likely N-dealkylation sites (N-methyl/N-ethyl adjacent to an activating group) is 1. The largest absolute Gasteiger partial charge is 0.478 e. The number of halogens is 3. The summed E-state index contributed by atoms with van der Waals surface area (Å²) in [7, 11) is 3.91. The summed E-state index contributed by atoms with van der Waals surface area (Å²) in [6.45, 7) is 1.95. The summed E-state index contributed by atoms with van der Waals surface area (Å²) in [4.78, 5) is 16.9. The summed E-state index contributed by atoms with van der Waals surface area (Å²) < 4.78 is 55.7. The molecular formula is C24H27F3N4O4. The quantitative estimate of drug-likeness (QED) is 0.650. The van der Waals surface area contributed by atoms with Crippen LogP contribution in [-0.2, 0) is 14.3 Å². The number of dihydropyridines is 1. The molecule has 3 atom stereocenters. The predicted molar refractivity (Wildman–Crippen MR) is 121 cm³/mol. The molecule has 0 aliphatic carbocycles. The number of anilines is 1. The van der Waals surface area contributed by atoms with Crippen LogP contribution in [0.1, 0.15) is 12.8 Å². The van der Waals surface area contributed by atoms with Gasteiger partial charge in [-0.3, -0.25) is 0 Å². The molecule has 11 heteroatoms. The lowest BCUT2D eigenvalue weighted by atomic mass is 9.95. The van der Waals surface area contributed by atoms with E-state index in [9.17, 15) is 18.7 Å². The Morgan fingerprint density at radius 2 is 2.11 bits per heavy atom. The molecule has 4 heterocycles. The van der Waals surface area contributed by atoms with Crippen molar-refractivity contribution in [3.63, 3.8) is 0 Å². The Morgan fingerprint density at radius 1 is 1.31 bits per heavy atom. The van der Waals surface area contributed by atoms with Crippen LogP contribution in [0.2, 0.25) is 0 Å². The zero-order valence-electron chi connectivity index (χ0n) is 19.4. The third-order valence-corrected chi connectivity index (χ3v) is 6.59. The Bertz CT molecular complexity index is 1140. The minimum absolute atomic E-state index is 0.0185. The third-order valence-electron chi connectivity index (χ3n) is 6.59. The molecular weight excluding hydrogens is 465 g/mol. The van der Waals surface area contributed by atoms with Crippen LogP contribution >= 0.6 is 0 Å². The molecule has 1 spiro atoms. The van der Waals surface area contributed by atoms with Gasteiger partial charge >= 0.3 is 5.97 Å². The van der Waals surface area contributed by atoms with Crippen molar-refractivity contribution in [1.82, 2.24) is 15.1 Å². The zero-order chi connectivity index (χ0) is 24.9. The molecule has 2 fully saturated rings. The van der Waals surface area contributed by atoms with E-state index in [-0.39, 0.29) is 29.6 Å². The van der Waals surface area contributed by atoms with Crippen molar-refractivity contribution >= 4 is 11.7 Å². The number of carboxylic acids is 1. The van der Waals surface area contributed by atoms with Gasteiger partial charge in [0.25, 0.3) is 0 Å². The van der Waals surface area contributed by atoms with Gasteiger partial charge in [-0.15, -0.1) is 0 Å². The number of hydrogen-bond acceptors (Lipinski definition) is 7. The highest BCUT2D eigenvalue weighted by atomic mass is 19.1. The van der Waals surface area contributed by atoms with Gasteiger partial charge in [-0.2, -0.15) is 0 Å². The number of carbonyl (C=O) groups is 1. The number of nitrogens with one attached hydrogen (secondary N) is 1. The highest BCUT2D eigenvalue weighted by Crippen LogP contribution is 2.39. The van der Waals surface area contributed by atoms with E-state index >= 15 is 4.39 Å². The second-order valence-corrected chi connectivity index (χ2v) is 9.50. The SMILES string of the molecule is CN(C)CC1COC2(CCN(C3=C(F)C=C4CC(C(=O)O)=CN(c5ccc(F)cc5F)C4N3)C2)O1. The molecule has 0 saturated carbocycles. The van der Waals surface area contributed by atoms with Gasteiger partial charge in [-0.1, -0.05) is 0 Å². The van der Waals surface area contributed by atoms with Gasteiger partial charge in [0.05, 0.1) is 30.5 Å². The van der Waals surface area contributed by atoms with Crippen molar-refractivity contribution in [2.75, 3.05) is 45.2 Å². The van der Waals surface area contributed by atoms with Crippen molar-refractivity contribution in [1.29, 1.82) is 0 Å². The Balaban J connectivity index is 1.41. The summed E-state index contributed by atoms with van der Waals surface area (Å²) in [5.41, 5.74) is 0.360. The monoisotopic (exact) mass is 492 g/mol. The molecule has 0 aromatic heterocycles. The fourth-order valence-electron chi connectivity index (χ4n) is 5.05. The normalized spacial score (nSPS) is 28.4. The van der Waals surface area contributed by atoms with E-state index in [1.807, 2.05) is 19.0 Å². The van der Waals surface area contributed by atoms with Gasteiger partial charge in [-0.25, -0.2) is 18.0 Å². The number of rotatable bonds is 5. The van der Waals surface area contributed by atoms with E-state index in [1.54, 1.807) is 4.90 Å². The number of allylic oxidation sites excluding steroid dienone is 2. The van der Waals surface area contributed by atoms with Crippen LogP contribution in [0.25, 0.3) is 0 Å². The van der Waals surface area contributed by atoms with Crippen molar-refractivity contribution in [2.24, 2.45) is 0 Å². The summed E-state index contributed by atoms with van der Waals surface area (Å²) in [5.74, 6) is -4.00. The van der Waals surface area contributed by atoms with E-state index in [0.29, 0.717) is 38.2 Å². The molecule has 188 valence electrons. The van der Waals surface area contributed by atoms with Gasteiger partial charge in [0.2, 0.25) is 0 Å². The molecule has 3 unspecified atom stereocenters. The molecule has 5 rings (SSSR count). The molecule has 1 aromatic rings. The average molecular weight is 492 g/mol. The number of carboxylic acid groups (broad SMARTS) is 1. The molecule has 2 saturated heterocycles. The fourth-order valence-corrected chi connectivity index (χ4v) is 5.05. The number of benzene rings is 1. The minimum Gasteiger partial charge on any atom is -0.478 e. The van der Waals surface area contributed by atoms with E-state index in [0.717, 1.165) is 12.1 Å². The smallest absolute Gasteiger partial charge is 0.333 e. The lowest BCUT2D eigenvalue weighted by Gasteiger charge is -2.41. The van der Waals surface area contributed by atoms with Gasteiger partial charge < -0.3 is 34.6 Å². The lowest BCUT2D eigenvalue weighted by Crippen LogP contribution is -2.52. The Labute approximate surface area is 200 Å². The number of hydrogen-bond donors (Lipinski definition) is 2. The first kappa shape index (κ1) is 23.7. The first-order valence-electron chi connectivity index (χ1n) is 11.4. The zero-order valence-corrected chi connectivity index (χ0v) is 19.4. The first-order chi connectivity index (χ1) is 16.6. The lowest BCUT2D eigenvalue weighted by molar-refractivity contribution is -0.157. The number of ether oxygens (including phenoxy) is 2. The second-order valence-electron chi connectivity index (χ2n) is 9.50. The van der Waals surface area contributed by atoms with Crippen molar-refractivity contribution < 1.29 is 32.5 Å². The molecule has 8 nitrogen and oxygen atoms in total. The summed E-state index contributed by atoms with van der Waals surface area (Å²) >= 11 is 0. The molecule has 1 aromatic carbocycles. The van der Waals surface area contributed by atoms with Crippen LogP contribution < -0.4 is 10.2 Å². The summed E-state index contributed by atoms with van der Waals surface area (Å²) in [6, 6.07) is 3.05.